The zero-order chi connectivity index (χ0) is 21.6. The smallest absolute Gasteiger partial charge is 0.127 e. The fourth-order valence-corrected chi connectivity index (χ4v) is 4.04. The number of rotatable bonds is 16. The minimum atomic E-state index is 0.630. The average molecular weight is 433 g/mol. The SMILES string of the molecule is CCCCC(CC)COc1ccc(OCCCCCCCCCl)c2cc(C)ccc12. The maximum atomic E-state index is 6.29. The van der Waals surface area contributed by atoms with Crippen LogP contribution in [0.25, 0.3) is 10.8 Å². The van der Waals surface area contributed by atoms with Crippen LogP contribution in [0.1, 0.15) is 83.6 Å². The summed E-state index contributed by atoms with van der Waals surface area (Å²) < 4.78 is 12.5. The molecule has 0 bridgehead atoms. The standard InChI is InChI=1S/C27H41ClO2/c1-4-6-13-23(5-2)21-30-26-16-17-27(25-20-22(3)14-15-24(25)26)29-19-12-10-8-7-9-11-18-28/h14-17,20,23H,4-13,18-19,21H2,1-3H3. The molecule has 0 radical (unpaired) electrons. The third-order valence-corrected chi connectivity index (χ3v) is 6.16. The zero-order valence-electron chi connectivity index (χ0n) is 19.4. The Bertz CT molecular complexity index is 728. The lowest BCUT2D eigenvalue weighted by atomic mass is 10.0. The molecule has 168 valence electrons. The van der Waals surface area contributed by atoms with Gasteiger partial charge in [0.05, 0.1) is 13.2 Å². The van der Waals surface area contributed by atoms with Crippen molar-refractivity contribution in [3.63, 3.8) is 0 Å². The topological polar surface area (TPSA) is 18.5 Å². The Hall–Kier alpha value is -1.41. The van der Waals surface area contributed by atoms with E-state index in [1.54, 1.807) is 0 Å². The first-order valence-electron chi connectivity index (χ1n) is 12.0. The summed E-state index contributed by atoms with van der Waals surface area (Å²) in [6.45, 7) is 8.22. The van der Waals surface area contributed by atoms with Crippen LogP contribution in [-0.2, 0) is 0 Å². The number of hydrogen-bond donors (Lipinski definition) is 0. The fraction of sp³-hybridized carbons (Fsp3) is 0.630. The Morgan fingerprint density at radius 1 is 0.800 bits per heavy atom. The van der Waals surface area contributed by atoms with E-state index in [-0.39, 0.29) is 0 Å². The number of alkyl halides is 1. The van der Waals surface area contributed by atoms with Gasteiger partial charge in [-0.25, -0.2) is 0 Å². The number of unbranched alkanes of at least 4 members (excludes halogenated alkanes) is 6. The predicted octanol–water partition coefficient (Wildman–Crippen LogP) is 8.70. The van der Waals surface area contributed by atoms with Crippen molar-refractivity contribution in [2.75, 3.05) is 19.1 Å². The van der Waals surface area contributed by atoms with Gasteiger partial charge in [0, 0.05) is 16.7 Å². The van der Waals surface area contributed by atoms with Crippen molar-refractivity contribution in [3.05, 3.63) is 35.9 Å². The van der Waals surface area contributed by atoms with Gasteiger partial charge < -0.3 is 9.47 Å². The lowest BCUT2D eigenvalue weighted by Gasteiger charge is -2.18. The molecule has 0 saturated carbocycles. The highest BCUT2D eigenvalue weighted by Crippen LogP contribution is 2.34. The van der Waals surface area contributed by atoms with E-state index in [0.29, 0.717) is 5.92 Å². The van der Waals surface area contributed by atoms with Crippen LogP contribution in [0.2, 0.25) is 0 Å². The molecule has 2 nitrogen and oxygen atoms in total. The number of halogens is 1. The van der Waals surface area contributed by atoms with Gasteiger partial charge in [0.1, 0.15) is 11.5 Å². The molecule has 0 aliphatic rings. The van der Waals surface area contributed by atoms with Crippen LogP contribution in [-0.4, -0.2) is 19.1 Å². The summed E-state index contributed by atoms with van der Waals surface area (Å²) in [5.74, 6) is 3.37. The number of aryl methyl sites for hydroxylation is 1. The lowest BCUT2D eigenvalue weighted by molar-refractivity contribution is 0.235. The van der Waals surface area contributed by atoms with E-state index in [9.17, 15) is 0 Å². The molecule has 0 amide bonds. The summed E-state index contributed by atoms with van der Waals surface area (Å²) in [6, 6.07) is 10.7. The summed E-state index contributed by atoms with van der Waals surface area (Å²) in [5.41, 5.74) is 1.25. The van der Waals surface area contributed by atoms with E-state index in [1.165, 1.54) is 56.9 Å². The van der Waals surface area contributed by atoms with Gasteiger partial charge >= 0.3 is 0 Å². The van der Waals surface area contributed by atoms with Gasteiger partial charge in [-0.15, -0.1) is 11.6 Å². The van der Waals surface area contributed by atoms with E-state index in [4.69, 9.17) is 21.1 Å². The summed E-state index contributed by atoms with van der Waals surface area (Å²) in [6.07, 6.45) is 12.2. The molecule has 1 unspecified atom stereocenters. The second kappa shape index (κ2) is 14.6. The molecule has 0 N–H and O–H groups in total. The minimum Gasteiger partial charge on any atom is -0.493 e. The molecule has 0 aliphatic carbocycles. The van der Waals surface area contributed by atoms with Crippen LogP contribution in [0.5, 0.6) is 11.5 Å². The van der Waals surface area contributed by atoms with E-state index in [0.717, 1.165) is 54.2 Å². The van der Waals surface area contributed by atoms with Crippen LogP contribution < -0.4 is 9.47 Å². The monoisotopic (exact) mass is 432 g/mol. The molecule has 2 aromatic rings. The van der Waals surface area contributed by atoms with E-state index in [2.05, 4.69) is 51.1 Å². The maximum absolute atomic E-state index is 6.29. The van der Waals surface area contributed by atoms with Crippen molar-refractivity contribution in [2.45, 2.75) is 85.0 Å². The van der Waals surface area contributed by atoms with Gasteiger partial charge in [-0.1, -0.05) is 76.5 Å². The third kappa shape index (κ3) is 8.38. The summed E-state index contributed by atoms with van der Waals surface area (Å²) in [5, 5.41) is 2.32. The number of hydrogen-bond acceptors (Lipinski definition) is 2. The van der Waals surface area contributed by atoms with E-state index < -0.39 is 0 Å². The quantitative estimate of drug-likeness (QED) is 0.195. The van der Waals surface area contributed by atoms with Gasteiger partial charge in [-0.2, -0.15) is 0 Å². The first-order valence-corrected chi connectivity index (χ1v) is 12.6. The van der Waals surface area contributed by atoms with E-state index >= 15 is 0 Å². The normalized spacial score (nSPS) is 12.3. The molecule has 1 atom stereocenters. The molecule has 0 aliphatic heterocycles. The van der Waals surface area contributed by atoms with Crippen molar-refractivity contribution in [3.8, 4) is 11.5 Å². The molecule has 2 aromatic carbocycles. The first kappa shape index (κ1) is 24.9. The molecule has 3 heteroatoms. The van der Waals surface area contributed by atoms with Crippen molar-refractivity contribution < 1.29 is 9.47 Å². The minimum absolute atomic E-state index is 0.630. The van der Waals surface area contributed by atoms with Crippen molar-refractivity contribution in [1.82, 2.24) is 0 Å². The van der Waals surface area contributed by atoms with Crippen LogP contribution >= 0.6 is 11.6 Å². The second-order valence-corrected chi connectivity index (χ2v) is 8.88. The van der Waals surface area contributed by atoms with Crippen LogP contribution in [0.3, 0.4) is 0 Å². The highest BCUT2D eigenvalue weighted by molar-refractivity contribution is 6.17. The van der Waals surface area contributed by atoms with Gasteiger partial charge in [0.15, 0.2) is 0 Å². The van der Waals surface area contributed by atoms with E-state index in [1.807, 2.05) is 0 Å². The highest BCUT2D eigenvalue weighted by Gasteiger charge is 2.12. The number of fused-ring (bicyclic) bond motifs is 1. The molecule has 30 heavy (non-hydrogen) atoms. The predicted molar refractivity (Wildman–Crippen MR) is 131 cm³/mol. The summed E-state index contributed by atoms with van der Waals surface area (Å²) >= 11 is 5.74. The van der Waals surface area contributed by atoms with Crippen LogP contribution in [0, 0.1) is 12.8 Å². The lowest BCUT2D eigenvalue weighted by Crippen LogP contribution is -2.11. The Labute approximate surface area is 189 Å². The first-order chi connectivity index (χ1) is 14.7. The Morgan fingerprint density at radius 3 is 2.20 bits per heavy atom. The Kier molecular flexibility index (Phi) is 12.1. The molecular formula is C27H41ClO2. The molecule has 0 heterocycles. The van der Waals surface area contributed by atoms with Crippen LogP contribution in [0.15, 0.2) is 30.3 Å². The molecule has 2 rings (SSSR count). The third-order valence-electron chi connectivity index (χ3n) is 5.90. The Morgan fingerprint density at radius 2 is 1.50 bits per heavy atom. The number of ether oxygens (including phenoxy) is 2. The van der Waals surface area contributed by atoms with Crippen molar-refractivity contribution >= 4 is 22.4 Å². The van der Waals surface area contributed by atoms with Gasteiger partial charge in [-0.05, 0) is 50.3 Å². The largest absolute Gasteiger partial charge is 0.493 e. The number of benzene rings is 2. The summed E-state index contributed by atoms with van der Waals surface area (Å²) in [4.78, 5) is 0. The van der Waals surface area contributed by atoms with Gasteiger partial charge in [-0.3, -0.25) is 0 Å². The van der Waals surface area contributed by atoms with Gasteiger partial charge in [0.25, 0.3) is 0 Å². The van der Waals surface area contributed by atoms with Gasteiger partial charge in [0.2, 0.25) is 0 Å². The fourth-order valence-electron chi connectivity index (χ4n) is 3.85. The second-order valence-electron chi connectivity index (χ2n) is 8.50. The molecule has 0 saturated heterocycles. The average Bonchev–Trinajstić information content (AvgIpc) is 2.76. The maximum Gasteiger partial charge on any atom is 0.127 e. The molecule has 0 fully saturated rings. The van der Waals surface area contributed by atoms with Crippen molar-refractivity contribution in [2.24, 2.45) is 5.92 Å². The molecule has 0 aromatic heterocycles. The summed E-state index contributed by atoms with van der Waals surface area (Å²) in [7, 11) is 0. The molecule has 0 spiro atoms. The van der Waals surface area contributed by atoms with Crippen LogP contribution in [0.4, 0.5) is 0 Å². The van der Waals surface area contributed by atoms with Crippen molar-refractivity contribution in [1.29, 1.82) is 0 Å². The highest BCUT2D eigenvalue weighted by atomic mass is 35.5. The zero-order valence-corrected chi connectivity index (χ0v) is 20.1. The molecular weight excluding hydrogens is 392 g/mol. The Balaban J connectivity index is 1.96.